The van der Waals surface area contributed by atoms with Gasteiger partial charge in [0.05, 0.1) is 6.04 Å². The zero-order valence-corrected chi connectivity index (χ0v) is 15.1. The Labute approximate surface area is 152 Å². The van der Waals surface area contributed by atoms with E-state index in [1.54, 1.807) is 32.0 Å². The third-order valence-electron chi connectivity index (χ3n) is 3.54. The minimum Gasteiger partial charge on any atom is -0.345 e. The summed E-state index contributed by atoms with van der Waals surface area (Å²) >= 11 is 6.28. The number of aryl methyl sites for hydroxylation is 1. The predicted octanol–water partition coefficient (Wildman–Crippen LogP) is 4.15. The molecule has 2 aromatic carbocycles. The zero-order chi connectivity index (χ0) is 17.0. The topological polar surface area (TPSA) is 55.1 Å². The van der Waals surface area contributed by atoms with E-state index in [-0.39, 0.29) is 36.6 Å². The first-order chi connectivity index (χ1) is 10.9. The van der Waals surface area contributed by atoms with Crippen molar-refractivity contribution in [3.05, 3.63) is 70.0 Å². The Hall–Kier alpha value is -1.62. The molecule has 0 aliphatic carbocycles. The van der Waals surface area contributed by atoms with Crippen LogP contribution in [0, 0.1) is 12.7 Å². The molecule has 2 rings (SSSR count). The monoisotopic (exact) mass is 370 g/mol. The maximum Gasteiger partial charge on any atom is 0.222 e. The van der Waals surface area contributed by atoms with E-state index in [2.05, 4.69) is 5.32 Å². The van der Waals surface area contributed by atoms with E-state index in [0.29, 0.717) is 10.6 Å². The van der Waals surface area contributed by atoms with E-state index in [9.17, 15) is 9.18 Å². The van der Waals surface area contributed by atoms with Crippen molar-refractivity contribution in [2.24, 2.45) is 5.73 Å². The number of halogens is 3. The lowest BCUT2D eigenvalue weighted by molar-refractivity contribution is -0.121. The fourth-order valence-corrected chi connectivity index (χ4v) is 2.65. The van der Waals surface area contributed by atoms with Crippen molar-refractivity contribution in [2.45, 2.75) is 32.4 Å². The van der Waals surface area contributed by atoms with Gasteiger partial charge in [-0.2, -0.15) is 0 Å². The van der Waals surface area contributed by atoms with Gasteiger partial charge in [0.1, 0.15) is 5.82 Å². The molecule has 3 N–H and O–H groups in total. The number of nitrogens with two attached hydrogens (primary N) is 1. The maximum absolute atomic E-state index is 13.5. The fraction of sp³-hybridized carbons (Fsp3) is 0.278. The number of benzene rings is 2. The molecule has 130 valence electrons. The summed E-state index contributed by atoms with van der Waals surface area (Å²) in [7, 11) is 0. The zero-order valence-electron chi connectivity index (χ0n) is 13.6. The van der Waals surface area contributed by atoms with Crippen LogP contribution in [0.2, 0.25) is 5.02 Å². The Morgan fingerprint density at radius 2 is 1.96 bits per heavy atom. The molecule has 1 amide bonds. The molecule has 0 fully saturated rings. The van der Waals surface area contributed by atoms with Crippen LogP contribution < -0.4 is 11.1 Å². The molecule has 24 heavy (non-hydrogen) atoms. The summed E-state index contributed by atoms with van der Waals surface area (Å²) in [6.45, 7) is 3.46. The molecule has 0 aromatic heterocycles. The number of hydrogen-bond donors (Lipinski definition) is 2. The number of carbonyl (C=O) groups excluding carboxylic acids is 1. The molecule has 3 nitrogen and oxygen atoms in total. The van der Waals surface area contributed by atoms with Gasteiger partial charge in [-0.25, -0.2) is 4.39 Å². The van der Waals surface area contributed by atoms with E-state index in [4.69, 9.17) is 17.3 Å². The summed E-state index contributed by atoms with van der Waals surface area (Å²) < 4.78 is 13.5. The van der Waals surface area contributed by atoms with Gasteiger partial charge < -0.3 is 11.1 Å². The molecule has 6 heteroatoms. The quantitative estimate of drug-likeness (QED) is 0.830. The number of carbonyl (C=O) groups is 1. The van der Waals surface area contributed by atoms with Gasteiger partial charge in [-0.15, -0.1) is 12.4 Å². The van der Waals surface area contributed by atoms with Crippen molar-refractivity contribution in [3.63, 3.8) is 0 Å². The summed E-state index contributed by atoms with van der Waals surface area (Å²) in [5, 5.41) is 3.48. The first-order valence-corrected chi connectivity index (χ1v) is 7.81. The molecule has 2 aromatic rings. The standard InChI is InChI=1S/C18H20ClFN2O.ClH/c1-11-9-13(7-8-16(11)20)18(22-17(23)10-12(2)21)14-5-3-4-6-15(14)19;/h3-9,12,18H,10,21H2,1-2H3,(H,22,23);1H. The van der Waals surface area contributed by atoms with Crippen LogP contribution in [0.4, 0.5) is 4.39 Å². The second-order valence-corrected chi connectivity index (χ2v) is 6.12. The molecule has 0 spiro atoms. The lowest BCUT2D eigenvalue weighted by Crippen LogP contribution is -2.33. The largest absolute Gasteiger partial charge is 0.345 e. The van der Waals surface area contributed by atoms with Crippen molar-refractivity contribution in [2.75, 3.05) is 0 Å². The minimum absolute atomic E-state index is 0. The molecule has 0 aliphatic heterocycles. The van der Waals surface area contributed by atoms with Crippen LogP contribution in [0.3, 0.4) is 0 Å². The normalized spacial score (nSPS) is 12.9. The third kappa shape index (κ3) is 5.20. The highest BCUT2D eigenvalue weighted by molar-refractivity contribution is 6.31. The van der Waals surface area contributed by atoms with E-state index < -0.39 is 6.04 Å². The summed E-state index contributed by atoms with van der Waals surface area (Å²) in [5.74, 6) is -0.458. The minimum atomic E-state index is -0.450. The van der Waals surface area contributed by atoms with Crippen LogP contribution in [-0.2, 0) is 4.79 Å². The van der Waals surface area contributed by atoms with Crippen molar-refractivity contribution in [3.8, 4) is 0 Å². The number of amides is 1. The highest BCUT2D eigenvalue weighted by Gasteiger charge is 2.20. The highest BCUT2D eigenvalue weighted by Crippen LogP contribution is 2.29. The van der Waals surface area contributed by atoms with Crippen LogP contribution >= 0.6 is 24.0 Å². The van der Waals surface area contributed by atoms with Crippen LogP contribution in [0.15, 0.2) is 42.5 Å². The third-order valence-corrected chi connectivity index (χ3v) is 3.89. The number of hydrogen-bond acceptors (Lipinski definition) is 2. The Morgan fingerprint density at radius 3 is 2.54 bits per heavy atom. The summed E-state index contributed by atoms with van der Waals surface area (Å²) in [5.41, 5.74) is 7.73. The molecule has 0 saturated carbocycles. The highest BCUT2D eigenvalue weighted by atomic mass is 35.5. The number of nitrogens with one attached hydrogen (secondary N) is 1. The first-order valence-electron chi connectivity index (χ1n) is 7.44. The molecule has 2 atom stereocenters. The van der Waals surface area contributed by atoms with E-state index in [1.165, 1.54) is 6.07 Å². The average Bonchev–Trinajstić information content (AvgIpc) is 2.48. The summed E-state index contributed by atoms with van der Waals surface area (Å²) in [6, 6.07) is 11.4. The Balaban J connectivity index is 0.00000288. The molecule has 0 radical (unpaired) electrons. The predicted molar refractivity (Wildman–Crippen MR) is 98.1 cm³/mol. The van der Waals surface area contributed by atoms with Crippen LogP contribution in [-0.4, -0.2) is 11.9 Å². The van der Waals surface area contributed by atoms with Crippen molar-refractivity contribution >= 4 is 29.9 Å². The fourth-order valence-electron chi connectivity index (χ4n) is 2.41. The molecular formula is C18H21Cl2FN2O. The summed E-state index contributed by atoms with van der Waals surface area (Å²) in [6.07, 6.45) is 0.209. The Morgan fingerprint density at radius 1 is 1.29 bits per heavy atom. The SMILES string of the molecule is Cc1cc(C(NC(=O)CC(C)N)c2ccccc2Cl)ccc1F.Cl. The van der Waals surface area contributed by atoms with E-state index >= 15 is 0 Å². The van der Waals surface area contributed by atoms with Crippen LogP contribution in [0.1, 0.15) is 36.1 Å². The second-order valence-electron chi connectivity index (χ2n) is 5.71. The van der Waals surface area contributed by atoms with Gasteiger partial charge in [-0.3, -0.25) is 4.79 Å². The molecule has 0 saturated heterocycles. The van der Waals surface area contributed by atoms with Gasteiger partial charge in [-0.05, 0) is 42.7 Å². The van der Waals surface area contributed by atoms with E-state index in [1.807, 2.05) is 18.2 Å². The van der Waals surface area contributed by atoms with Gasteiger partial charge in [0, 0.05) is 17.5 Å². The van der Waals surface area contributed by atoms with Gasteiger partial charge in [0.2, 0.25) is 5.91 Å². The summed E-state index contributed by atoms with van der Waals surface area (Å²) in [4.78, 5) is 12.2. The average molecular weight is 371 g/mol. The second kappa shape index (κ2) is 9.02. The number of rotatable bonds is 5. The molecule has 0 heterocycles. The Kier molecular flexibility index (Phi) is 7.67. The van der Waals surface area contributed by atoms with Crippen LogP contribution in [0.5, 0.6) is 0 Å². The van der Waals surface area contributed by atoms with E-state index in [0.717, 1.165) is 11.1 Å². The molecule has 0 bridgehead atoms. The van der Waals surface area contributed by atoms with Crippen LogP contribution in [0.25, 0.3) is 0 Å². The Bertz CT molecular complexity index is 707. The lowest BCUT2D eigenvalue weighted by Gasteiger charge is -2.22. The molecule has 2 unspecified atom stereocenters. The van der Waals surface area contributed by atoms with Crippen molar-refractivity contribution in [1.29, 1.82) is 0 Å². The van der Waals surface area contributed by atoms with Gasteiger partial charge in [0.25, 0.3) is 0 Å². The smallest absolute Gasteiger partial charge is 0.222 e. The maximum atomic E-state index is 13.5. The van der Waals surface area contributed by atoms with Crippen molar-refractivity contribution < 1.29 is 9.18 Å². The molecular weight excluding hydrogens is 350 g/mol. The van der Waals surface area contributed by atoms with Gasteiger partial charge >= 0.3 is 0 Å². The van der Waals surface area contributed by atoms with Gasteiger partial charge in [0.15, 0.2) is 0 Å². The molecule has 0 aliphatic rings. The lowest BCUT2D eigenvalue weighted by atomic mass is 9.96. The van der Waals surface area contributed by atoms with Gasteiger partial charge in [-0.1, -0.05) is 41.9 Å². The first kappa shape index (κ1) is 20.4. The van der Waals surface area contributed by atoms with Crippen molar-refractivity contribution in [1.82, 2.24) is 5.32 Å².